The lowest BCUT2D eigenvalue weighted by Gasteiger charge is -2.37. The first-order valence-corrected chi connectivity index (χ1v) is 13.3. The van der Waals surface area contributed by atoms with Gasteiger partial charge in [0.15, 0.2) is 5.79 Å². The molecule has 1 spiro atoms. The van der Waals surface area contributed by atoms with Gasteiger partial charge in [-0.05, 0) is 25.1 Å². The molecule has 4 rings (SSSR count). The fourth-order valence-corrected chi connectivity index (χ4v) is 7.58. The van der Waals surface area contributed by atoms with Crippen molar-refractivity contribution in [3.8, 4) is 5.75 Å². The summed E-state index contributed by atoms with van der Waals surface area (Å²) in [5.41, 5.74) is -0.00711. The second-order valence-corrected chi connectivity index (χ2v) is 11.6. The number of rotatable bonds is 5. The fourth-order valence-electron chi connectivity index (χ4n) is 4.18. The van der Waals surface area contributed by atoms with Gasteiger partial charge >= 0.3 is 0 Å². The Morgan fingerprint density at radius 2 is 1.84 bits per heavy atom. The monoisotopic (exact) mass is 474 g/mol. The van der Waals surface area contributed by atoms with Crippen molar-refractivity contribution >= 4 is 31.6 Å². The zero-order chi connectivity index (χ0) is 22.4. The van der Waals surface area contributed by atoms with Crippen molar-refractivity contribution in [1.82, 2.24) is 4.31 Å². The van der Waals surface area contributed by atoms with Crippen LogP contribution in [0.3, 0.4) is 0 Å². The number of benzene rings is 1. The van der Waals surface area contributed by atoms with Gasteiger partial charge < -0.3 is 14.2 Å². The third-order valence-electron chi connectivity index (χ3n) is 5.74. The number of piperidine rings is 1. The summed E-state index contributed by atoms with van der Waals surface area (Å²) in [7, 11) is -7.88. The molecule has 3 aliphatic rings. The van der Waals surface area contributed by atoms with Crippen LogP contribution >= 0.6 is 0 Å². The molecule has 0 aliphatic carbocycles. The minimum atomic E-state index is -4.02. The predicted molar refractivity (Wildman–Crippen MR) is 111 cm³/mol. The summed E-state index contributed by atoms with van der Waals surface area (Å²) in [5.74, 6) is -2.21. The molecule has 172 valence electrons. The highest BCUT2D eigenvalue weighted by molar-refractivity contribution is 7.94. The molecule has 3 saturated heterocycles. The maximum Gasteiger partial charge on any atom is 0.246 e. The van der Waals surface area contributed by atoms with Crippen LogP contribution in [0, 0.1) is 5.92 Å². The average molecular weight is 475 g/mol. The summed E-state index contributed by atoms with van der Waals surface area (Å²) < 4.78 is 70.8. The Bertz CT molecular complexity index is 1070. The van der Waals surface area contributed by atoms with Gasteiger partial charge in [-0.25, -0.2) is 21.1 Å². The van der Waals surface area contributed by atoms with E-state index in [9.17, 15) is 21.6 Å². The first-order valence-electron chi connectivity index (χ1n) is 10.2. The molecule has 1 aromatic carbocycles. The van der Waals surface area contributed by atoms with E-state index in [2.05, 4.69) is 0 Å². The van der Waals surface area contributed by atoms with E-state index in [4.69, 9.17) is 14.2 Å². The lowest BCUT2D eigenvalue weighted by molar-refractivity contribution is -0.179. The molecule has 31 heavy (non-hydrogen) atoms. The molecule has 0 bridgehead atoms. The maximum absolute atomic E-state index is 13.5. The van der Waals surface area contributed by atoms with Crippen LogP contribution in [0.2, 0.25) is 0 Å². The molecule has 0 aromatic heterocycles. The predicted octanol–water partition coefficient (Wildman–Crippen LogP) is 0.925. The number of carbonyl (C=O) groups excluding carboxylic acids is 1. The van der Waals surface area contributed by atoms with Gasteiger partial charge in [0, 0.05) is 25.9 Å². The van der Waals surface area contributed by atoms with E-state index >= 15 is 0 Å². The molecule has 1 aromatic rings. The lowest BCUT2D eigenvalue weighted by atomic mass is 10.1. The molecule has 1 atom stereocenters. The van der Waals surface area contributed by atoms with Crippen LogP contribution in [0.25, 0.3) is 0 Å². The first-order chi connectivity index (χ1) is 14.6. The molecule has 0 saturated carbocycles. The Morgan fingerprint density at radius 3 is 2.39 bits per heavy atom. The van der Waals surface area contributed by atoms with E-state index in [0.717, 1.165) is 0 Å². The van der Waals surface area contributed by atoms with E-state index in [1.165, 1.54) is 29.4 Å². The highest BCUT2D eigenvalue weighted by Gasteiger charge is 2.45. The van der Waals surface area contributed by atoms with Gasteiger partial charge in [0.2, 0.25) is 26.0 Å². The number of hydrogen-bond donors (Lipinski definition) is 0. The molecule has 0 N–H and O–H groups in total. The van der Waals surface area contributed by atoms with E-state index in [0.29, 0.717) is 30.4 Å². The van der Waals surface area contributed by atoms with Crippen molar-refractivity contribution in [2.24, 2.45) is 5.92 Å². The largest absolute Gasteiger partial charge is 0.492 e. The molecular weight excluding hydrogens is 448 g/mol. The van der Waals surface area contributed by atoms with E-state index in [-0.39, 0.29) is 41.8 Å². The molecule has 3 aliphatic heterocycles. The van der Waals surface area contributed by atoms with Crippen molar-refractivity contribution in [1.29, 1.82) is 0 Å². The number of nitrogens with zero attached hydrogens (tertiary/aromatic N) is 2. The maximum atomic E-state index is 13.5. The average Bonchev–Trinajstić information content (AvgIpc) is 3.24. The molecular formula is C19H26N2O8S2. The van der Waals surface area contributed by atoms with Gasteiger partial charge in [0.25, 0.3) is 0 Å². The summed E-state index contributed by atoms with van der Waals surface area (Å²) in [4.78, 5) is 12.3. The number of carbonyl (C=O) groups is 1. The third-order valence-corrected chi connectivity index (χ3v) is 9.53. The van der Waals surface area contributed by atoms with Gasteiger partial charge in [0.05, 0.1) is 37.2 Å². The summed E-state index contributed by atoms with van der Waals surface area (Å²) >= 11 is 0. The summed E-state index contributed by atoms with van der Waals surface area (Å²) in [5, 5.41) is 0. The van der Waals surface area contributed by atoms with Gasteiger partial charge in [-0.3, -0.25) is 4.79 Å². The van der Waals surface area contributed by atoms with Crippen LogP contribution in [-0.2, 0) is 34.3 Å². The Labute approximate surface area is 182 Å². The summed E-state index contributed by atoms with van der Waals surface area (Å²) in [6.45, 7) is 4.83. The number of hydrogen-bond acceptors (Lipinski definition) is 8. The first kappa shape index (κ1) is 22.5. The quantitative estimate of drug-likeness (QED) is 0.618. The van der Waals surface area contributed by atoms with Crippen molar-refractivity contribution in [2.45, 2.75) is 37.4 Å². The number of anilines is 1. The lowest BCUT2D eigenvalue weighted by Crippen LogP contribution is -2.47. The van der Waals surface area contributed by atoms with Crippen LogP contribution < -0.4 is 9.04 Å². The molecule has 12 heteroatoms. The smallest absolute Gasteiger partial charge is 0.246 e. The molecule has 1 amide bonds. The summed E-state index contributed by atoms with van der Waals surface area (Å²) in [6, 6.07) is 4.00. The van der Waals surface area contributed by atoms with Crippen molar-refractivity contribution in [3.63, 3.8) is 0 Å². The second-order valence-electron chi connectivity index (χ2n) is 7.86. The highest BCUT2D eigenvalue weighted by atomic mass is 32.2. The molecule has 1 unspecified atom stereocenters. The van der Waals surface area contributed by atoms with Gasteiger partial charge in [0.1, 0.15) is 10.6 Å². The zero-order valence-corrected chi connectivity index (χ0v) is 19.1. The van der Waals surface area contributed by atoms with Gasteiger partial charge in [-0.15, -0.1) is 0 Å². The van der Waals surface area contributed by atoms with Crippen LogP contribution in [0.4, 0.5) is 5.69 Å². The van der Waals surface area contributed by atoms with Gasteiger partial charge in [-0.2, -0.15) is 4.31 Å². The van der Waals surface area contributed by atoms with Crippen LogP contribution in [0.15, 0.2) is 23.1 Å². The van der Waals surface area contributed by atoms with Crippen molar-refractivity contribution in [3.05, 3.63) is 18.2 Å². The Hall–Kier alpha value is -1.73. The Kier molecular flexibility index (Phi) is 5.80. The number of ether oxygens (including phenoxy) is 3. The Morgan fingerprint density at radius 1 is 1.19 bits per heavy atom. The molecule has 3 fully saturated rings. The number of sulfonamides is 2. The van der Waals surface area contributed by atoms with Crippen molar-refractivity contribution < 1.29 is 35.8 Å². The minimum Gasteiger partial charge on any atom is -0.492 e. The van der Waals surface area contributed by atoms with E-state index in [1.54, 1.807) is 6.92 Å². The minimum absolute atomic E-state index is 0.00711. The topological polar surface area (TPSA) is 120 Å². The van der Waals surface area contributed by atoms with Gasteiger partial charge in [-0.1, -0.05) is 6.92 Å². The second kappa shape index (κ2) is 8.00. The fraction of sp³-hybridized carbons (Fsp3) is 0.632. The van der Waals surface area contributed by atoms with Crippen LogP contribution in [0.5, 0.6) is 5.75 Å². The Balaban J connectivity index is 1.69. The van der Waals surface area contributed by atoms with Crippen molar-refractivity contribution in [2.75, 3.05) is 43.0 Å². The van der Waals surface area contributed by atoms with E-state index < -0.39 is 37.7 Å². The summed E-state index contributed by atoms with van der Waals surface area (Å²) in [6.07, 6.45) is 0.790. The standard InChI is InChI=1S/C19H26N2O8S2/c1-3-27-16-5-4-15(21-18(22)14(2)13-30(21,23)24)12-17(16)31(25,26)20-8-6-19(7-9-20)28-10-11-29-19/h4-5,12,14H,3,6-11,13H2,1-2H3. The molecule has 3 heterocycles. The number of amides is 1. The SMILES string of the molecule is CCOc1ccc(N2C(=O)C(C)CS2(=O)=O)cc1S(=O)(=O)N1CCC2(CC1)OCCO2. The van der Waals surface area contributed by atoms with Crippen LogP contribution in [0.1, 0.15) is 26.7 Å². The van der Waals surface area contributed by atoms with E-state index in [1.807, 2.05) is 0 Å². The normalized spacial score (nSPS) is 25.9. The molecule has 0 radical (unpaired) electrons. The zero-order valence-electron chi connectivity index (χ0n) is 17.4. The third kappa shape index (κ3) is 3.95. The van der Waals surface area contributed by atoms with Crippen LogP contribution in [-0.4, -0.2) is 71.5 Å². The molecule has 10 nitrogen and oxygen atoms in total. The highest BCUT2D eigenvalue weighted by Crippen LogP contribution is 2.38.